The van der Waals surface area contributed by atoms with Crippen LogP contribution in [0.5, 0.6) is 11.5 Å². The lowest BCUT2D eigenvalue weighted by atomic mass is 9.96. The molecule has 0 spiro atoms. The number of rotatable bonds is 7. The number of aliphatic hydroxyl groups excluding tert-OH is 2. The van der Waals surface area contributed by atoms with Gasteiger partial charge in [0.25, 0.3) is 5.91 Å². The Kier molecular flexibility index (Phi) is 7.78. The Morgan fingerprint density at radius 1 is 1.17 bits per heavy atom. The molecule has 3 heterocycles. The van der Waals surface area contributed by atoms with Crippen molar-refractivity contribution in [1.29, 1.82) is 0 Å². The smallest absolute Gasteiger partial charge is 0.274 e. The van der Waals surface area contributed by atoms with Gasteiger partial charge in [0.05, 0.1) is 43.9 Å². The summed E-state index contributed by atoms with van der Waals surface area (Å²) in [5.74, 6) is 0.860. The summed E-state index contributed by atoms with van der Waals surface area (Å²) in [7, 11) is 3.31. The van der Waals surface area contributed by atoms with Crippen molar-refractivity contribution in [2.24, 2.45) is 0 Å². The number of carbonyl (C=O) groups excluding carboxylic acids is 1. The fraction of sp³-hybridized carbons (Fsp3) is 0.345. The minimum Gasteiger partial charge on any atom is -0.496 e. The lowest BCUT2D eigenvalue weighted by Crippen LogP contribution is -2.43. The Hall–Kier alpha value is -3.57. The van der Waals surface area contributed by atoms with E-state index in [9.17, 15) is 15.0 Å². The molecule has 5 rings (SSSR count). The lowest BCUT2D eigenvalue weighted by Gasteiger charge is -2.31. The molecule has 10 nitrogen and oxygen atoms in total. The lowest BCUT2D eigenvalue weighted by molar-refractivity contribution is 0.0646. The first kappa shape index (κ1) is 28.9. The molecule has 1 aliphatic rings. The average Bonchev–Trinajstić information content (AvgIpc) is 3.55. The number of hydrogen-bond acceptors (Lipinski definition) is 7. The Bertz CT molecular complexity index is 1600. The van der Waals surface area contributed by atoms with E-state index in [0.29, 0.717) is 49.6 Å². The van der Waals surface area contributed by atoms with Gasteiger partial charge >= 0.3 is 0 Å². The summed E-state index contributed by atoms with van der Waals surface area (Å²) in [6.07, 6.45) is 2.47. The van der Waals surface area contributed by atoms with E-state index >= 15 is 0 Å². The minimum absolute atomic E-state index is 0.120. The Labute approximate surface area is 247 Å². The molecule has 2 aromatic heterocycles. The number of benzene rings is 2. The fourth-order valence-electron chi connectivity index (χ4n) is 4.63. The molecule has 12 heteroatoms. The summed E-state index contributed by atoms with van der Waals surface area (Å²) in [6, 6.07) is 8.80. The molecule has 0 unspecified atom stereocenters. The van der Waals surface area contributed by atoms with Gasteiger partial charge in [-0.05, 0) is 45.0 Å². The Morgan fingerprint density at radius 3 is 2.51 bits per heavy atom. The third-order valence-corrected chi connectivity index (χ3v) is 7.51. The van der Waals surface area contributed by atoms with Crippen LogP contribution in [0, 0.1) is 0 Å². The van der Waals surface area contributed by atoms with E-state index in [1.54, 1.807) is 65.1 Å². The first-order chi connectivity index (χ1) is 19.4. The maximum Gasteiger partial charge on any atom is 0.274 e. The molecule has 1 amide bonds. The maximum absolute atomic E-state index is 13.7. The average molecular weight is 601 g/mol. The number of hydrogen-bond donors (Lipinski definition) is 2. The molecule has 216 valence electrons. The molecular weight excluding hydrogens is 569 g/mol. The van der Waals surface area contributed by atoms with Crippen molar-refractivity contribution in [1.82, 2.24) is 24.5 Å². The molecule has 0 saturated carbocycles. The van der Waals surface area contributed by atoms with Gasteiger partial charge in [0.15, 0.2) is 5.69 Å². The second kappa shape index (κ2) is 11.0. The first-order valence-electron chi connectivity index (χ1n) is 12.9. The van der Waals surface area contributed by atoms with E-state index in [2.05, 4.69) is 5.10 Å². The molecule has 2 N–H and O–H groups in total. The van der Waals surface area contributed by atoms with Crippen molar-refractivity contribution in [2.45, 2.75) is 45.6 Å². The maximum atomic E-state index is 13.7. The van der Waals surface area contributed by atoms with Crippen LogP contribution in [0.25, 0.3) is 28.1 Å². The van der Waals surface area contributed by atoms with Crippen LogP contribution >= 0.6 is 23.2 Å². The van der Waals surface area contributed by atoms with Crippen molar-refractivity contribution in [3.05, 3.63) is 64.0 Å². The SMILES string of the molecule is COc1cc2c(cc1-c1cnn(C[C@@H](O)CO)c1)-c1c(c(C(=O)N(C)C(C)(C)C)nn1-c1cc(Cl)cc(Cl)c1)CO2. The van der Waals surface area contributed by atoms with Crippen LogP contribution in [0.3, 0.4) is 0 Å². The summed E-state index contributed by atoms with van der Waals surface area (Å²) < 4.78 is 15.1. The highest BCUT2D eigenvalue weighted by atomic mass is 35.5. The zero-order valence-corrected chi connectivity index (χ0v) is 24.9. The number of methoxy groups -OCH3 is 1. The van der Waals surface area contributed by atoms with E-state index in [0.717, 1.165) is 5.56 Å². The molecule has 0 aliphatic carbocycles. The summed E-state index contributed by atoms with van der Waals surface area (Å²) >= 11 is 12.7. The number of aliphatic hydroxyl groups is 2. The van der Waals surface area contributed by atoms with Crippen LogP contribution in [-0.2, 0) is 13.2 Å². The second-order valence-corrected chi connectivity index (χ2v) is 11.7. The third kappa shape index (κ3) is 5.52. The highest BCUT2D eigenvalue weighted by Crippen LogP contribution is 2.46. The second-order valence-electron chi connectivity index (χ2n) is 10.9. The standard InChI is InChI=1S/C29H31Cl2N5O5/c1-29(2,3)34(4)28(39)26-23-15-41-25-10-24(40-5)21(16-11-32-35(12-16)13-20(38)14-37)9-22(25)27(23)36(33-26)19-7-17(30)6-18(31)8-19/h6-12,20,37-38H,13-15H2,1-5H3/t20-/m1/s1. The van der Waals surface area contributed by atoms with Gasteiger partial charge in [-0.3, -0.25) is 9.48 Å². The number of halogens is 2. The summed E-state index contributed by atoms with van der Waals surface area (Å²) in [6.45, 7) is 5.74. The van der Waals surface area contributed by atoms with Crippen molar-refractivity contribution < 1.29 is 24.5 Å². The van der Waals surface area contributed by atoms with Crippen LogP contribution in [0.4, 0.5) is 0 Å². The van der Waals surface area contributed by atoms with Crippen LogP contribution in [0.15, 0.2) is 42.7 Å². The van der Waals surface area contributed by atoms with Crippen LogP contribution in [0.2, 0.25) is 10.0 Å². The summed E-state index contributed by atoms with van der Waals surface area (Å²) in [4.78, 5) is 15.4. The Morgan fingerprint density at radius 2 is 1.88 bits per heavy atom. The van der Waals surface area contributed by atoms with Crippen LogP contribution in [0.1, 0.15) is 36.8 Å². The zero-order valence-electron chi connectivity index (χ0n) is 23.4. The van der Waals surface area contributed by atoms with Crippen molar-refractivity contribution in [3.63, 3.8) is 0 Å². The summed E-state index contributed by atoms with van der Waals surface area (Å²) in [5.41, 5.74) is 3.84. The number of amides is 1. The number of ether oxygens (including phenoxy) is 2. The molecule has 41 heavy (non-hydrogen) atoms. The van der Waals surface area contributed by atoms with Gasteiger partial charge in [-0.2, -0.15) is 10.2 Å². The molecule has 1 aliphatic heterocycles. The van der Waals surface area contributed by atoms with Crippen LogP contribution < -0.4 is 9.47 Å². The topological polar surface area (TPSA) is 115 Å². The van der Waals surface area contributed by atoms with Crippen LogP contribution in [-0.4, -0.2) is 73.0 Å². The fourth-order valence-corrected chi connectivity index (χ4v) is 5.15. The van der Waals surface area contributed by atoms with Gasteiger partial charge < -0.3 is 24.6 Å². The number of aromatic nitrogens is 4. The monoisotopic (exact) mass is 599 g/mol. The van der Waals surface area contributed by atoms with Crippen molar-refractivity contribution in [2.75, 3.05) is 20.8 Å². The van der Waals surface area contributed by atoms with E-state index < -0.39 is 11.6 Å². The molecule has 0 radical (unpaired) electrons. The molecule has 2 aromatic carbocycles. The predicted octanol–water partition coefficient (Wildman–Crippen LogP) is 4.83. The van der Waals surface area contributed by atoms with Gasteiger partial charge in [0.2, 0.25) is 0 Å². The molecule has 4 aromatic rings. The van der Waals surface area contributed by atoms with E-state index in [1.807, 2.05) is 26.8 Å². The third-order valence-electron chi connectivity index (χ3n) is 7.07. The molecular formula is C29H31Cl2N5O5. The van der Waals surface area contributed by atoms with Crippen molar-refractivity contribution in [3.8, 4) is 39.6 Å². The van der Waals surface area contributed by atoms with Gasteiger partial charge in [0.1, 0.15) is 18.1 Å². The summed E-state index contributed by atoms with van der Waals surface area (Å²) in [5, 5.41) is 29.1. The van der Waals surface area contributed by atoms with Gasteiger partial charge in [-0.25, -0.2) is 4.68 Å². The van der Waals surface area contributed by atoms with E-state index in [1.165, 1.54) is 0 Å². The molecule has 0 bridgehead atoms. The zero-order chi connectivity index (χ0) is 29.6. The number of carbonyl (C=O) groups is 1. The highest BCUT2D eigenvalue weighted by Gasteiger charge is 2.35. The van der Waals surface area contributed by atoms with E-state index in [4.69, 9.17) is 37.8 Å². The highest BCUT2D eigenvalue weighted by molar-refractivity contribution is 6.34. The predicted molar refractivity (Wildman–Crippen MR) is 156 cm³/mol. The van der Waals surface area contributed by atoms with Crippen molar-refractivity contribution >= 4 is 29.1 Å². The molecule has 1 atom stereocenters. The number of nitrogens with zero attached hydrogens (tertiary/aromatic N) is 5. The first-order valence-corrected chi connectivity index (χ1v) is 13.7. The van der Waals surface area contributed by atoms with E-state index in [-0.39, 0.29) is 31.4 Å². The number of fused-ring (bicyclic) bond motifs is 3. The molecule has 0 fully saturated rings. The normalized spacial score (nSPS) is 13.3. The molecule has 0 saturated heterocycles. The Balaban J connectivity index is 1.72. The van der Waals surface area contributed by atoms with Gasteiger partial charge in [-0.1, -0.05) is 23.2 Å². The van der Waals surface area contributed by atoms with Gasteiger partial charge in [-0.15, -0.1) is 0 Å². The largest absolute Gasteiger partial charge is 0.496 e. The van der Waals surface area contributed by atoms with Gasteiger partial charge in [0, 0.05) is 57.1 Å². The quantitative estimate of drug-likeness (QED) is 0.312. The minimum atomic E-state index is -0.940.